The number of benzene rings is 2. The van der Waals surface area contributed by atoms with E-state index in [-0.39, 0.29) is 5.69 Å². The number of hydrogen-bond acceptors (Lipinski definition) is 2. The average molecular weight is 314 g/mol. The SMILES string of the molecule is C=CCc1ccc(Cc2cc(F)c(N)cc2N)c(CC)c1.CC. The highest BCUT2D eigenvalue weighted by atomic mass is 19.1. The molecule has 2 aromatic rings. The molecule has 23 heavy (non-hydrogen) atoms. The molecule has 0 aliphatic carbocycles. The quantitative estimate of drug-likeness (QED) is 0.609. The van der Waals surface area contributed by atoms with Crippen LogP contribution in [0.3, 0.4) is 0 Å². The van der Waals surface area contributed by atoms with Crippen molar-refractivity contribution < 1.29 is 4.39 Å². The van der Waals surface area contributed by atoms with Crippen molar-refractivity contribution in [1.29, 1.82) is 0 Å². The van der Waals surface area contributed by atoms with E-state index >= 15 is 0 Å². The van der Waals surface area contributed by atoms with Crippen LogP contribution in [0.5, 0.6) is 0 Å². The molecule has 0 unspecified atom stereocenters. The van der Waals surface area contributed by atoms with Crippen LogP contribution in [0, 0.1) is 5.82 Å². The van der Waals surface area contributed by atoms with E-state index in [2.05, 4.69) is 31.7 Å². The second kappa shape index (κ2) is 8.99. The van der Waals surface area contributed by atoms with Gasteiger partial charge in [0.2, 0.25) is 0 Å². The lowest BCUT2D eigenvalue weighted by atomic mass is 9.94. The fraction of sp³-hybridized carbons (Fsp3) is 0.300. The third kappa shape index (κ3) is 4.85. The Morgan fingerprint density at radius 3 is 2.30 bits per heavy atom. The molecular weight excluding hydrogens is 287 g/mol. The molecule has 0 fully saturated rings. The summed E-state index contributed by atoms with van der Waals surface area (Å²) in [6, 6.07) is 9.27. The highest BCUT2D eigenvalue weighted by Gasteiger charge is 2.09. The lowest BCUT2D eigenvalue weighted by Crippen LogP contribution is -2.02. The minimum Gasteiger partial charge on any atom is -0.398 e. The molecule has 0 bridgehead atoms. The van der Waals surface area contributed by atoms with Gasteiger partial charge in [-0.15, -0.1) is 6.58 Å². The van der Waals surface area contributed by atoms with Gasteiger partial charge in [-0.1, -0.05) is 45.0 Å². The molecule has 0 heterocycles. The van der Waals surface area contributed by atoms with Gasteiger partial charge in [-0.05, 0) is 53.6 Å². The van der Waals surface area contributed by atoms with E-state index in [0.717, 1.165) is 18.4 Å². The molecule has 0 saturated carbocycles. The van der Waals surface area contributed by atoms with Gasteiger partial charge in [0.1, 0.15) is 5.82 Å². The minimum atomic E-state index is -0.416. The number of anilines is 2. The Bertz CT molecular complexity index is 663. The summed E-state index contributed by atoms with van der Waals surface area (Å²) in [4.78, 5) is 0. The Hall–Kier alpha value is -2.29. The summed E-state index contributed by atoms with van der Waals surface area (Å²) in [6.07, 6.45) is 4.28. The number of hydrogen-bond donors (Lipinski definition) is 2. The first kappa shape index (κ1) is 18.8. The molecule has 2 nitrogen and oxygen atoms in total. The monoisotopic (exact) mass is 314 g/mol. The molecule has 0 amide bonds. The minimum absolute atomic E-state index is 0.0910. The van der Waals surface area contributed by atoms with Crippen molar-refractivity contribution in [1.82, 2.24) is 0 Å². The Balaban J connectivity index is 0.00000127. The van der Waals surface area contributed by atoms with Crippen LogP contribution in [-0.4, -0.2) is 0 Å². The molecule has 124 valence electrons. The Morgan fingerprint density at radius 1 is 1.00 bits per heavy atom. The topological polar surface area (TPSA) is 52.0 Å². The van der Waals surface area contributed by atoms with Crippen molar-refractivity contribution in [2.75, 3.05) is 11.5 Å². The summed E-state index contributed by atoms with van der Waals surface area (Å²) >= 11 is 0. The first-order valence-corrected chi connectivity index (χ1v) is 8.10. The number of halogens is 1. The van der Waals surface area contributed by atoms with Crippen LogP contribution in [0.1, 0.15) is 43.0 Å². The van der Waals surface area contributed by atoms with Crippen molar-refractivity contribution in [3.8, 4) is 0 Å². The van der Waals surface area contributed by atoms with Gasteiger partial charge in [-0.3, -0.25) is 0 Å². The van der Waals surface area contributed by atoms with Gasteiger partial charge in [-0.2, -0.15) is 0 Å². The molecule has 0 saturated heterocycles. The number of allylic oxidation sites excluding steroid dienone is 1. The summed E-state index contributed by atoms with van der Waals surface area (Å²) < 4.78 is 13.6. The average Bonchev–Trinajstić information content (AvgIpc) is 2.56. The van der Waals surface area contributed by atoms with Crippen molar-refractivity contribution >= 4 is 11.4 Å². The number of rotatable bonds is 5. The van der Waals surface area contributed by atoms with Gasteiger partial charge in [0, 0.05) is 5.69 Å². The van der Waals surface area contributed by atoms with Gasteiger partial charge in [0.15, 0.2) is 0 Å². The van der Waals surface area contributed by atoms with Gasteiger partial charge in [0.05, 0.1) is 5.69 Å². The molecule has 0 spiro atoms. The van der Waals surface area contributed by atoms with Crippen molar-refractivity contribution in [2.45, 2.75) is 40.0 Å². The zero-order valence-corrected chi connectivity index (χ0v) is 14.3. The molecule has 2 aromatic carbocycles. The first-order valence-electron chi connectivity index (χ1n) is 8.10. The zero-order valence-electron chi connectivity index (χ0n) is 14.3. The molecule has 0 aliphatic rings. The fourth-order valence-electron chi connectivity index (χ4n) is 2.48. The van der Waals surface area contributed by atoms with Crippen molar-refractivity contribution in [2.24, 2.45) is 0 Å². The van der Waals surface area contributed by atoms with Crippen LogP contribution in [0.2, 0.25) is 0 Å². The standard InChI is InChI=1S/C18H21FN2.C2H6/c1-3-5-12-6-7-14(13(4-2)8-12)9-15-10-16(19)18(21)11-17(15)20;1-2/h3,6-8,10-11H,1,4-5,9,20-21H2,2H3;1-2H3. The predicted octanol–water partition coefficient (Wildman–Crippen LogP) is 4.90. The lowest BCUT2D eigenvalue weighted by Gasteiger charge is -2.12. The summed E-state index contributed by atoms with van der Waals surface area (Å²) in [7, 11) is 0. The molecule has 2 rings (SSSR count). The summed E-state index contributed by atoms with van der Waals surface area (Å²) in [5.74, 6) is -0.416. The maximum absolute atomic E-state index is 13.6. The molecule has 0 aromatic heterocycles. The van der Waals surface area contributed by atoms with Gasteiger partial charge in [-0.25, -0.2) is 4.39 Å². The molecule has 3 heteroatoms. The maximum Gasteiger partial charge on any atom is 0.146 e. The lowest BCUT2D eigenvalue weighted by molar-refractivity contribution is 0.631. The van der Waals surface area contributed by atoms with Crippen molar-refractivity contribution in [3.05, 3.63) is 71.1 Å². The van der Waals surface area contributed by atoms with Gasteiger partial charge >= 0.3 is 0 Å². The summed E-state index contributed by atoms with van der Waals surface area (Å²) in [6.45, 7) is 9.88. The van der Waals surface area contributed by atoms with E-state index in [0.29, 0.717) is 12.1 Å². The zero-order chi connectivity index (χ0) is 17.4. The highest BCUT2D eigenvalue weighted by Crippen LogP contribution is 2.24. The van der Waals surface area contributed by atoms with Gasteiger partial charge in [0.25, 0.3) is 0 Å². The molecule has 0 aliphatic heterocycles. The third-order valence-electron chi connectivity index (χ3n) is 3.67. The predicted molar refractivity (Wildman–Crippen MR) is 99.1 cm³/mol. The summed E-state index contributed by atoms with van der Waals surface area (Å²) in [5, 5.41) is 0. The van der Waals surface area contributed by atoms with E-state index in [1.54, 1.807) is 0 Å². The smallest absolute Gasteiger partial charge is 0.146 e. The second-order valence-electron chi connectivity index (χ2n) is 5.20. The van der Waals surface area contributed by atoms with Crippen molar-refractivity contribution in [3.63, 3.8) is 0 Å². The Morgan fingerprint density at radius 2 is 1.70 bits per heavy atom. The Labute approximate surface area is 139 Å². The van der Waals surface area contributed by atoms with E-state index in [4.69, 9.17) is 11.5 Å². The van der Waals surface area contributed by atoms with E-state index in [1.165, 1.54) is 28.8 Å². The largest absolute Gasteiger partial charge is 0.398 e. The van der Waals surface area contributed by atoms with E-state index in [9.17, 15) is 4.39 Å². The van der Waals surface area contributed by atoms with E-state index < -0.39 is 5.82 Å². The molecule has 4 N–H and O–H groups in total. The van der Waals surface area contributed by atoms with Crippen LogP contribution < -0.4 is 11.5 Å². The Kier molecular flexibility index (Phi) is 7.33. The summed E-state index contributed by atoms with van der Waals surface area (Å²) in [5.41, 5.74) is 16.5. The molecule has 0 radical (unpaired) electrons. The molecule has 0 atom stereocenters. The van der Waals surface area contributed by atoms with Crippen LogP contribution in [-0.2, 0) is 19.3 Å². The highest BCUT2D eigenvalue weighted by molar-refractivity contribution is 5.59. The third-order valence-corrected chi connectivity index (χ3v) is 3.67. The van der Waals surface area contributed by atoms with E-state index in [1.807, 2.05) is 19.9 Å². The number of aryl methyl sites for hydroxylation is 1. The second-order valence-corrected chi connectivity index (χ2v) is 5.20. The number of nitrogen functional groups attached to an aromatic ring is 2. The van der Waals surface area contributed by atoms with Crippen LogP contribution >= 0.6 is 0 Å². The normalized spacial score (nSPS) is 9.91. The fourth-order valence-corrected chi connectivity index (χ4v) is 2.48. The van der Waals surface area contributed by atoms with Crippen LogP contribution in [0.15, 0.2) is 43.0 Å². The van der Waals surface area contributed by atoms with Gasteiger partial charge < -0.3 is 11.5 Å². The van der Waals surface area contributed by atoms with Crippen LogP contribution in [0.25, 0.3) is 0 Å². The van der Waals surface area contributed by atoms with Crippen LogP contribution in [0.4, 0.5) is 15.8 Å². The number of nitrogens with two attached hydrogens (primary N) is 2. The first-order chi connectivity index (χ1) is 11.0. The maximum atomic E-state index is 13.6. The molecular formula is C20H27FN2.